The van der Waals surface area contributed by atoms with E-state index in [0.717, 1.165) is 32.1 Å². The molecule has 5 heteroatoms. The maximum Gasteiger partial charge on any atom is 0.249 e. The maximum atomic E-state index is 12.5. The molecule has 0 aliphatic carbocycles. The van der Waals surface area contributed by atoms with E-state index < -0.39 is 24.2 Å². The molecule has 0 aromatic carbocycles. The van der Waals surface area contributed by atoms with Crippen molar-refractivity contribution in [1.82, 2.24) is 5.32 Å². The van der Waals surface area contributed by atoms with Crippen LogP contribution in [0.15, 0.2) is 12.2 Å². The molecule has 0 spiro atoms. The normalized spacial score (nSPS) is 13.3. The summed E-state index contributed by atoms with van der Waals surface area (Å²) in [4.78, 5) is 12.5. The number of aliphatic hydroxyl groups excluding tert-OH is 3. The first-order valence-electron chi connectivity index (χ1n) is 28.0. The smallest absolute Gasteiger partial charge is 0.249 e. The maximum absolute atomic E-state index is 12.5. The lowest BCUT2D eigenvalue weighted by molar-refractivity contribution is -0.131. The number of unbranched alkanes of at least 4 members (excludes halogenated alkanes) is 44. The predicted octanol–water partition coefficient (Wildman–Crippen LogP) is 17.1. The van der Waals surface area contributed by atoms with Crippen LogP contribution in [0.2, 0.25) is 0 Å². The zero-order chi connectivity index (χ0) is 44.4. The highest BCUT2D eigenvalue weighted by molar-refractivity contribution is 5.80. The van der Waals surface area contributed by atoms with E-state index in [1.165, 1.54) is 263 Å². The number of nitrogens with one attached hydrogen (secondary N) is 1. The van der Waals surface area contributed by atoms with Gasteiger partial charge in [0, 0.05) is 0 Å². The second kappa shape index (κ2) is 51.7. The minimum Gasteiger partial charge on any atom is -0.394 e. The summed E-state index contributed by atoms with van der Waals surface area (Å²) < 4.78 is 0. The number of hydrogen-bond acceptors (Lipinski definition) is 4. The van der Waals surface area contributed by atoms with Gasteiger partial charge in [-0.15, -0.1) is 0 Å². The van der Waals surface area contributed by atoms with E-state index in [-0.39, 0.29) is 6.61 Å². The Morgan fingerprint density at radius 3 is 0.902 bits per heavy atom. The molecule has 1 amide bonds. The summed E-state index contributed by atoms with van der Waals surface area (Å²) in [5, 5.41) is 33.4. The third-order valence-electron chi connectivity index (χ3n) is 13.4. The van der Waals surface area contributed by atoms with Crippen LogP contribution in [0.25, 0.3) is 0 Å². The van der Waals surface area contributed by atoms with Gasteiger partial charge in [-0.2, -0.15) is 0 Å². The van der Waals surface area contributed by atoms with Gasteiger partial charge >= 0.3 is 0 Å². The van der Waals surface area contributed by atoms with Crippen molar-refractivity contribution >= 4 is 5.91 Å². The van der Waals surface area contributed by atoms with Gasteiger partial charge in [0.25, 0.3) is 0 Å². The Labute approximate surface area is 382 Å². The van der Waals surface area contributed by atoms with Gasteiger partial charge in [-0.25, -0.2) is 0 Å². The Hall–Kier alpha value is -0.910. The van der Waals surface area contributed by atoms with Crippen molar-refractivity contribution in [2.75, 3.05) is 6.61 Å². The number of carbonyl (C=O) groups excluding carboxylic acids is 1. The summed E-state index contributed by atoms with van der Waals surface area (Å²) >= 11 is 0. The Kier molecular flexibility index (Phi) is 51.0. The number of carbonyl (C=O) groups is 1. The molecule has 0 aromatic heterocycles. The van der Waals surface area contributed by atoms with Crippen molar-refractivity contribution in [1.29, 1.82) is 0 Å². The van der Waals surface area contributed by atoms with E-state index in [4.69, 9.17) is 0 Å². The number of amides is 1. The minimum atomic E-state index is -1.09. The van der Waals surface area contributed by atoms with Crippen LogP contribution in [-0.2, 0) is 4.79 Å². The molecule has 364 valence electrons. The summed E-state index contributed by atoms with van der Waals surface area (Å²) in [7, 11) is 0. The average molecular weight is 863 g/mol. The highest BCUT2D eigenvalue weighted by Crippen LogP contribution is 2.18. The molecular weight excluding hydrogens is 751 g/mol. The van der Waals surface area contributed by atoms with Crippen molar-refractivity contribution in [3.63, 3.8) is 0 Å². The molecular formula is C56H111NO4. The molecule has 0 aromatic rings. The van der Waals surface area contributed by atoms with Crippen molar-refractivity contribution in [3.05, 3.63) is 12.2 Å². The van der Waals surface area contributed by atoms with E-state index in [0.29, 0.717) is 6.42 Å². The van der Waals surface area contributed by atoms with Crippen LogP contribution >= 0.6 is 0 Å². The van der Waals surface area contributed by atoms with Crippen molar-refractivity contribution in [2.45, 2.75) is 334 Å². The third kappa shape index (κ3) is 46.9. The average Bonchev–Trinajstić information content (AvgIpc) is 3.26. The molecule has 61 heavy (non-hydrogen) atoms. The van der Waals surface area contributed by atoms with Crippen molar-refractivity contribution in [3.8, 4) is 0 Å². The minimum absolute atomic E-state index is 0.358. The fraction of sp³-hybridized carbons (Fsp3) is 0.946. The quantitative estimate of drug-likeness (QED) is 0.0362. The van der Waals surface area contributed by atoms with Crippen LogP contribution in [0.1, 0.15) is 316 Å². The summed E-state index contributed by atoms with van der Waals surface area (Å²) in [6.07, 6.45) is 64.3. The largest absolute Gasteiger partial charge is 0.394 e. The fourth-order valence-electron chi connectivity index (χ4n) is 9.01. The van der Waals surface area contributed by atoms with Gasteiger partial charge in [-0.1, -0.05) is 309 Å². The highest BCUT2D eigenvalue weighted by atomic mass is 16.3. The third-order valence-corrected chi connectivity index (χ3v) is 13.4. The fourth-order valence-corrected chi connectivity index (χ4v) is 9.01. The topological polar surface area (TPSA) is 89.8 Å². The van der Waals surface area contributed by atoms with E-state index in [1.54, 1.807) is 6.08 Å². The molecule has 0 fully saturated rings. The van der Waals surface area contributed by atoms with Gasteiger partial charge in [0.05, 0.1) is 18.8 Å². The highest BCUT2D eigenvalue weighted by Gasteiger charge is 2.22. The van der Waals surface area contributed by atoms with Crippen LogP contribution in [0.3, 0.4) is 0 Å². The van der Waals surface area contributed by atoms with Crippen LogP contribution < -0.4 is 5.32 Å². The van der Waals surface area contributed by atoms with Gasteiger partial charge < -0.3 is 20.6 Å². The van der Waals surface area contributed by atoms with Gasteiger partial charge in [-0.05, 0) is 19.3 Å². The van der Waals surface area contributed by atoms with Crippen LogP contribution in [0.5, 0.6) is 0 Å². The van der Waals surface area contributed by atoms with Crippen LogP contribution in [-0.4, -0.2) is 46.1 Å². The summed E-state index contributed by atoms with van der Waals surface area (Å²) in [5.41, 5.74) is 0. The van der Waals surface area contributed by atoms with Gasteiger partial charge in [0.15, 0.2) is 0 Å². The molecule has 0 saturated heterocycles. The number of rotatable bonds is 52. The molecule has 0 bridgehead atoms. The Morgan fingerprint density at radius 1 is 0.393 bits per heavy atom. The van der Waals surface area contributed by atoms with Crippen molar-refractivity contribution < 1.29 is 20.1 Å². The molecule has 0 rings (SSSR count). The lowest BCUT2D eigenvalue weighted by Crippen LogP contribution is -2.48. The molecule has 3 unspecified atom stereocenters. The van der Waals surface area contributed by atoms with E-state index >= 15 is 0 Å². The zero-order valence-corrected chi connectivity index (χ0v) is 41.6. The lowest BCUT2D eigenvalue weighted by atomic mass is 10.0. The number of aliphatic hydroxyl groups is 3. The SMILES string of the molecule is CCCCCCCCCCCCCCCCCCC/C=C/C(O)C(CO)NC(=O)C(O)CCCCCCCCCCCCCCCCCCCCCCCCCCCCCC. The van der Waals surface area contributed by atoms with Gasteiger partial charge in [0.1, 0.15) is 6.10 Å². The van der Waals surface area contributed by atoms with Gasteiger partial charge in [0.2, 0.25) is 5.91 Å². The van der Waals surface area contributed by atoms with Crippen LogP contribution in [0, 0.1) is 0 Å². The number of hydrogen-bond donors (Lipinski definition) is 4. The van der Waals surface area contributed by atoms with E-state index in [2.05, 4.69) is 19.2 Å². The molecule has 0 saturated carbocycles. The van der Waals surface area contributed by atoms with E-state index in [9.17, 15) is 20.1 Å². The molecule has 4 N–H and O–H groups in total. The molecule has 0 radical (unpaired) electrons. The first-order valence-corrected chi connectivity index (χ1v) is 28.0. The first kappa shape index (κ1) is 60.1. The molecule has 0 heterocycles. The molecule has 0 aliphatic rings. The Bertz CT molecular complexity index is 864. The van der Waals surface area contributed by atoms with E-state index in [1.807, 2.05) is 6.08 Å². The standard InChI is InChI=1S/C56H111NO4/c1-3-5-7-9-11-13-15-17-19-21-23-24-25-26-27-28-29-30-31-33-35-37-39-41-43-45-47-49-51-55(60)56(61)57-53(52-58)54(59)50-48-46-44-42-40-38-36-34-32-22-20-18-16-14-12-10-8-6-4-2/h48,50,53-55,58-60H,3-47,49,51-52H2,1-2H3,(H,57,61)/b50-48+. The Morgan fingerprint density at radius 2 is 0.639 bits per heavy atom. The monoisotopic (exact) mass is 862 g/mol. The lowest BCUT2D eigenvalue weighted by Gasteiger charge is -2.21. The second-order valence-electron chi connectivity index (χ2n) is 19.5. The molecule has 0 aliphatic heterocycles. The predicted molar refractivity (Wildman–Crippen MR) is 269 cm³/mol. The summed E-state index contributed by atoms with van der Waals surface area (Å²) in [6, 6.07) is -0.794. The second-order valence-corrected chi connectivity index (χ2v) is 19.5. The first-order chi connectivity index (χ1) is 30.1. The van der Waals surface area contributed by atoms with Gasteiger partial charge in [-0.3, -0.25) is 4.79 Å². The molecule has 5 nitrogen and oxygen atoms in total. The van der Waals surface area contributed by atoms with Crippen molar-refractivity contribution in [2.24, 2.45) is 0 Å². The summed E-state index contributed by atoms with van der Waals surface area (Å²) in [5.74, 6) is -0.496. The molecule has 3 atom stereocenters. The zero-order valence-electron chi connectivity index (χ0n) is 41.6. The Balaban J connectivity index is 3.52. The summed E-state index contributed by atoms with van der Waals surface area (Å²) in [6.45, 7) is 4.22. The number of allylic oxidation sites excluding steroid dienone is 1. The van der Waals surface area contributed by atoms with Crippen LogP contribution in [0.4, 0.5) is 0 Å².